The molecule has 0 unspecified atom stereocenters. The molecule has 0 bridgehead atoms. The number of aromatic nitrogens is 3. The molecule has 11 aromatic carbocycles. The summed E-state index contributed by atoms with van der Waals surface area (Å²) in [5, 5.41) is 2.46. The summed E-state index contributed by atoms with van der Waals surface area (Å²) in [6.07, 6.45) is 0. The van der Waals surface area contributed by atoms with E-state index in [-0.39, 0.29) is 0 Å². The largest absolute Gasteiger partial charge is 0.309 e. The van der Waals surface area contributed by atoms with Gasteiger partial charge in [0.2, 0.25) is 5.95 Å². The van der Waals surface area contributed by atoms with Crippen molar-refractivity contribution in [3.05, 3.63) is 301 Å². The van der Waals surface area contributed by atoms with Crippen molar-refractivity contribution in [2.75, 3.05) is 4.90 Å². The van der Waals surface area contributed by atoms with E-state index in [0.717, 1.165) is 39.6 Å². The highest BCUT2D eigenvalue weighted by molar-refractivity contribution is 6.10. The fourth-order valence-corrected chi connectivity index (χ4v) is 12.3. The lowest BCUT2D eigenvalue weighted by molar-refractivity contribution is 0.750. The lowest BCUT2D eigenvalue weighted by atomic mass is 9.64. The fraction of sp³-hybridized carbons (Fsp3) is 0.0141. The minimum atomic E-state index is -0.637. The van der Waals surface area contributed by atoms with E-state index < -0.39 is 5.41 Å². The van der Waals surface area contributed by atoms with Crippen LogP contribution in [-0.4, -0.2) is 14.5 Å². The molecule has 3 heterocycles. The van der Waals surface area contributed by atoms with Gasteiger partial charge in [-0.1, -0.05) is 218 Å². The first-order chi connectivity index (χ1) is 37.2. The number of hydrogen-bond donors (Lipinski definition) is 0. The van der Waals surface area contributed by atoms with Crippen LogP contribution in [0.25, 0.3) is 94.5 Å². The first kappa shape index (κ1) is 42.8. The molecule has 0 saturated heterocycles. The summed E-state index contributed by atoms with van der Waals surface area (Å²) in [6, 6.07) is 101. The highest BCUT2D eigenvalue weighted by Crippen LogP contribution is 2.63. The molecule has 0 N–H and O–H groups in total. The molecular weight excluding hydrogens is 909 g/mol. The Bertz CT molecular complexity index is 4260. The number of rotatable bonds is 7. The van der Waals surface area contributed by atoms with Crippen LogP contribution in [-0.2, 0) is 5.41 Å². The summed E-state index contributed by atoms with van der Waals surface area (Å²) in [5.41, 5.74) is 23.3. The Morgan fingerprint density at radius 2 is 0.760 bits per heavy atom. The van der Waals surface area contributed by atoms with Crippen LogP contribution in [0.1, 0.15) is 22.3 Å². The van der Waals surface area contributed by atoms with Crippen LogP contribution in [0.15, 0.2) is 279 Å². The number of fused-ring (bicyclic) bond motifs is 12. The van der Waals surface area contributed by atoms with E-state index in [4.69, 9.17) is 9.97 Å². The Labute approximate surface area is 435 Å². The lowest BCUT2D eigenvalue weighted by Crippen LogP contribution is -2.36. The molecule has 4 nitrogen and oxygen atoms in total. The second-order valence-electron chi connectivity index (χ2n) is 19.7. The topological polar surface area (TPSA) is 34.0 Å². The molecule has 1 aliphatic carbocycles. The molecule has 13 aromatic rings. The highest BCUT2D eigenvalue weighted by atomic mass is 15.3. The molecular formula is C71H46N4. The lowest BCUT2D eigenvalue weighted by Gasteiger charge is -2.44. The molecule has 0 radical (unpaired) electrons. The molecule has 1 spiro atoms. The standard InChI is InChI=1S/C71H46N4/c1-4-20-47(21-5-1)52-28-19-29-55(43-52)74-66-35-15-11-31-58(66)59-44-53(39-41-67(59)74)50-26-18-27-51(42-50)54-38-40-57-56-30-10-12-32-60(56)71(63(57)45-54)61-33-13-16-36-68(61)75(69-37-17-14-34-62(69)71)70-72-64(48-22-6-2-7-23-48)46-65(73-70)49-24-8-3-9-25-49/h1-46H. The zero-order chi connectivity index (χ0) is 49.5. The van der Waals surface area contributed by atoms with E-state index >= 15 is 0 Å². The van der Waals surface area contributed by atoms with Crippen LogP contribution in [0.2, 0.25) is 0 Å². The SMILES string of the molecule is c1ccc(-c2cccc(-n3c4ccccc4c4cc(-c5cccc(-c6ccc7c(c6)C6(c8ccccc8-7)c7ccccc7N(c7nc(-c8ccccc8)cc(-c8ccccc8)n7)c7ccccc76)c5)ccc43)c2)cc1. The smallest absolute Gasteiger partial charge is 0.235 e. The van der Waals surface area contributed by atoms with Crippen molar-refractivity contribution in [3.8, 4) is 72.7 Å². The third kappa shape index (κ3) is 6.70. The Balaban J connectivity index is 0.873. The van der Waals surface area contributed by atoms with E-state index in [0.29, 0.717) is 5.95 Å². The number of para-hydroxylation sites is 3. The molecule has 350 valence electrons. The first-order valence-corrected chi connectivity index (χ1v) is 25.7. The van der Waals surface area contributed by atoms with Crippen LogP contribution in [0.3, 0.4) is 0 Å². The Hall–Kier alpha value is -9.90. The van der Waals surface area contributed by atoms with Gasteiger partial charge in [-0.2, -0.15) is 0 Å². The fourth-order valence-electron chi connectivity index (χ4n) is 12.3. The molecule has 2 aromatic heterocycles. The van der Waals surface area contributed by atoms with Gasteiger partial charge in [-0.25, -0.2) is 9.97 Å². The maximum atomic E-state index is 5.41. The summed E-state index contributed by atoms with van der Waals surface area (Å²) in [4.78, 5) is 13.1. The van der Waals surface area contributed by atoms with Gasteiger partial charge in [0, 0.05) is 27.6 Å². The van der Waals surface area contributed by atoms with Crippen molar-refractivity contribution >= 4 is 39.1 Å². The van der Waals surface area contributed by atoms with Gasteiger partial charge in [0.05, 0.1) is 39.2 Å². The quantitative estimate of drug-likeness (QED) is 0.160. The molecule has 0 amide bonds. The molecule has 0 atom stereocenters. The zero-order valence-corrected chi connectivity index (χ0v) is 40.8. The Morgan fingerprint density at radius 1 is 0.280 bits per heavy atom. The van der Waals surface area contributed by atoms with Gasteiger partial charge in [0.15, 0.2) is 0 Å². The summed E-state index contributed by atoms with van der Waals surface area (Å²) < 4.78 is 2.41. The van der Waals surface area contributed by atoms with Crippen LogP contribution in [0, 0.1) is 0 Å². The minimum Gasteiger partial charge on any atom is -0.309 e. The maximum Gasteiger partial charge on any atom is 0.235 e. The molecule has 2 aliphatic rings. The number of anilines is 3. The molecule has 0 saturated carbocycles. The summed E-state index contributed by atoms with van der Waals surface area (Å²) in [5.74, 6) is 0.627. The second kappa shape index (κ2) is 17.1. The first-order valence-electron chi connectivity index (χ1n) is 25.7. The Kier molecular flexibility index (Phi) is 9.76. The predicted octanol–water partition coefficient (Wildman–Crippen LogP) is 18.1. The average molecular weight is 955 g/mol. The van der Waals surface area contributed by atoms with Crippen LogP contribution in [0.5, 0.6) is 0 Å². The van der Waals surface area contributed by atoms with E-state index in [2.05, 4.69) is 276 Å². The number of hydrogen-bond acceptors (Lipinski definition) is 3. The highest BCUT2D eigenvalue weighted by Gasteiger charge is 2.52. The van der Waals surface area contributed by atoms with E-state index in [1.165, 1.54) is 88.6 Å². The third-order valence-corrected chi connectivity index (χ3v) is 15.6. The molecule has 4 heteroatoms. The van der Waals surface area contributed by atoms with Crippen molar-refractivity contribution in [2.24, 2.45) is 0 Å². The van der Waals surface area contributed by atoms with Gasteiger partial charge in [-0.3, -0.25) is 4.90 Å². The number of nitrogens with zero attached hydrogens (tertiary/aromatic N) is 4. The minimum absolute atomic E-state index is 0.627. The normalized spacial score (nSPS) is 12.9. The van der Waals surface area contributed by atoms with E-state index in [1.54, 1.807) is 0 Å². The molecule has 1 aliphatic heterocycles. The summed E-state index contributed by atoms with van der Waals surface area (Å²) in [7, 11) is 0. The predicted molar refractivity (Wildman–Crippen MR) is 309 cm³/mol. The van der Waals surface area contributed by atoms with Crippen molar-refractivity contribution in [1.82, 2.24) is 14.5 Å². The van der Waals surface area contributed by atoms with Gasteiger partial charge in [0.1, 0.15) is 0 Å². The maximum absolute atomic E-state index is 5.41. The third-order valence-electron chi connectivity index (χ3n) is 15.6. The summed E-state index contributed by atoms with van der Waals surface area (Å²) in [6.45, 7) is 0. The summed E-state index contributed by atoms with van der Waals surface area (Å²) >= 11 is 0. The van der Waals surface area contributed by atoms with E-state index in [9.17, 15) is 0 Å². The molecule has 75 heavy (non-hydrogen) atoms. The van der Waals surface area contributed by atoms with Crippen LogP contribution < -0.4 is 4.90 Å². The molecule has 15 rings (SSSR count). The average Bonchev–Trinajstić information content (AvgIpc) is 4.18. The van der Waals surface area contributed by atoms with Crippen molar-refractivity contribution in [3.63, 3.8) is 0 Å². The van der Waals surface area contributed by atoms with Gasteiger partial charge < -0.3 is 4.57 Å². The Morgan fingerprint density at radius 3 is 1.44 bits per heavy atom. The van der Waals surface area contributed by atoms with Gasteiger partial charge >= 0.3 is 0 Å². The monoisotopic (exact) mass is 954 g/mol. The molecule has 0 fully saturated rings. The zero-order valence-electron chi connectivity index (χ0n) is 40.8. The number of benzene rings is 11. The van der Waals surface area contributed by atoms with Gasteiger partial charge in [-0.15, -0.1) is 0 Å². The van der Waals surface area contributed by atoms with Gasteiger partial charge in [-0.05, 0) is 127 Å². The van der Waals surface area contributed by atoms with Gasteiger partial charge in [0.25, 0.3) is 0 Å². The van der Waals surface area contributed by atoms with Crippen LogP contribution >= 0.6 is 0 Å². The van der Waals surface area contributed by atoms with E-state index in [1.807, 2.05) is 12.1 Å². The van der Waals surface area contributed by atoms with Crippen molar-refractivity contribution in [2.45, 2.75) is 5.41 Å². The van der Waals surface area contributed by atoms with Crippen LogP contribution in [0.4, 0.5) is 17.3 Å². The second-order valence-corrected chi connectivity index (χ2v) is 19.7. The van der Waals surface area contributed by atoms with Crippen molar-refractivity contribution in [1.29, 1.82) is 0 Å². The van der Waals surface area contributed by atoms with Crippen molar-refractivity contribution < 1.29 is 0 Å².